The summed E-state index contributed by atoms with van der Waals surface area (Å²) in [6, 6.07) is 6.01. The van der Waals surface area contributed by atoms with Gasteiger partial charge in [0.25, 0.3) is 5.91 Å². The van der Waals surface area contributed by atoms with Crippen molar-refractivity contribution in [1.82, 2.24) is 10.3 Å². The van der Waals surface area contributed by atoms with E-state index >= 15 is 0 Å². The van der Waals surface area contributed by atoms with Gasteiger partial charge >= 0.3 is 0 Å². The van der Waals surface area contributed by atoms with Crippen molar-refractivity contribution < 1.29 is 9.53 Å². The van der Waals surface area contributed by atoms with Crippen LogP contribution in [-0.2, 0) is 16.6 Å². The molecule has 0 aliphatic carbocycles. The molecule has 0 spiro atoms. The summed E-state index contributed by atoms with van der Waals surface area (Å²) in [5.41, 5.74) is 3.18. The van der Waals surface area contributed by atoms with Gasteiger partial charge in [-0.3, -0.25) is 4.79 Å². The number of amidine groups is 1. The number of thioether (sulfide) groups is 1. The van der Waals surface area contributed by atoms with Crippen LogP contribution >= 0.6 is 23.1 Å². The second-order valence-corrected chi connectivity index (χ2v) is 9.08. The number of hydrogen-bond donors (Lipinski definition) is 1. The number of amides is 1. The van der Waals surface area contributed by atoms with Crippen LogP contribution in [0, 0.1) is 0 Å². The highest BCUT2D eigenvalue weighted by Crippen LogP contribution is 2.33. The monoisotopic (exact) mass is 385 g/mol. The molecular weight excluding hydrogens is 366 g/mol. The van der Waals surface area contributed by atoms with Crippen molar-refractivity contribution in [2.24, 2.45) is 4.99 Å². The average molecular weight is 386 g/mol. The van der Waals surface area contributed by atoms with E-state index in [9.17, 15) is 4.79 Å². The Morgan fingerprint density at radius 3 is 2.96 bits per heavy atom. The van der Waals surface area contributed by atoms with E-state index in [2.05, 4.69) is 42.1 Å². The van der Waals surface area contributed by atoms with Gasteiger partial charge in [-0.2, -0.15) is 4.99 Å². The average Bonchev–Trinajstić information content (AvgIpc) is 3.27. The van der Waals surface area contributed by atoms with E-state index in [0.717, 1.165) is 30.0 Å². The highest BCUT2D eigenvalue weighted by Gasteiger charge is 2.25. The van der Waals surface area contributed by atoms with Crippen LogP contribution in [0.4, 0.5) is 5.13 Å². The van der Waals surface area contributed by atoms with Crippen molar-refractivity contribution in [2.75, 3.05) is 6.61 Å². The van der Waals surface area contributed by atoms with Gasteiger partial charge in [-0.05, 0) is 41.1 Å². The van der Waals surface area contributed by atoms with Gasteiger partial charge in [0, 0.05) is 17.2 Å². The van der Waals surface area contributed by atoms with Crippen molar-refractivity contribution in [3.05, 3.63) is 45.3 Å². The van der Waals surface area contributed by atoms with E-state index in [1.54, 1.807) is 0 Å². The Labute approximate surface area is 160 Å². The zero-order chi connectivity index (χ0) is 18.3. The molecule has 1 aromatic carbocycles. The molecule has 26 heavy (non-hydrogen) atoms. The largest absolute Gasteiger partial charge is 0.493 e. The molecule has 2 aliphatic heterocycles. The molecule has 0 unspecified atom stereocenters. The molecule has 134 valence electrons. The van der Waals surface area contributed by atoms with Gasteiger partial charge in [0.1, 0.15) is 5.75 Å². The second-order valence-electron chi connectivity index (χ2n) is 7.21. The van der Waals surface area contributed by atoms with Crippen LogP contribution in [0.3, 0.4) is 0 Å². The van der Waals surface area contributed by atoms with Crippen LogP contribution in [0.1, 0.15) is 37.6 Å². The zero-order valence-electron chi connectivity index (χ0n) is 14.8. The van der Waals surface area contributed by atoms with Crippen molar-refractivity contribution in [1.29, 1.82) is 0 Å². The third kappa shape index (κ3) is 3.54. The quantitative estimate of drug-likeness (QED) is 0.784. The van der Waals surface area contributed by atoms with Gasteiger partial charge in [0.05, 0.1) is 17.2 Å². The summed E-state index contributed by atoms with van der Waals surface area (Å²) in [5.74, 6) is 0.814. The Kier molecular flexibility index (Phi) is 4.36. The number of aromatic nitrogens is 1. The minimum absolute atomic E-state index is 0.0106. The molecule has 0 saturated carbocycles. The van der Waals surface area contributed by atoms with Gasteiger partial charge in [-0.25, -0.2) is 4.98 Å². The van der Waals surface area contributed by atoms with Gasteiger partial charge in [0.15, 0.2) is 5.17 Å². The van der Waals surface area contributed by atoms with Crippen LogP contribution in [0.25, 0.3) is 6.08 Å². The molecule has 1 aromatic heterocycles. The fourth-order valence-electron chi connectivity index (χ4n) is 2.68. The molecule has 3 heterocycles. The molecule has 2 aliphatic rings. The number of ether oxygens (including phenoxy) is 1. The highest BCUT2D eigenvalue weighted by molar-refractivity contribution is 8.18. The van der Waals surface area contributed by atoms with E-state index in [-0.39, 0.29) is 11.3 Å². The predicted molar refractivity (Wildman–Crippen MR) is 107 cm³/mol. The molecule has 0 bridgehead atoms. The number of carbonyl (C=O) groups excluding carboxylic acids is 1. The molecular formula is C19H19N3O2S2. The number of fused-ring (bicyclic) bond motifs is 1. The highest BCUT2D eigenvalue weighted by atomic mass is 32.2. The number of carbonyl (C=O) groups is 1. The maximum Gasteiger partial charge on any atom is 0.264 e. The predicted octanol–water partition coefficient (Wildman–Crippen LogP) is 4.27. The molecule has 1 amide bonds. The SMILES string of the molecule is CC(C)(C)c1csc(N=C2NC(=O)C(=Cc3ccc4c(c3)CCO4)S2)n1. The topological polar surface area (TPSA) is 63.6 Å². The van der Waals surface area contributed by atoms with Gasteiger partial charge < -0.3 is 10.1 Å². The van der Waals surface area contributed by atoms with Crippen LogP contribution in [0.15, 0.2) is 33.5 Å². The molecule has 2 aromatic rings. The third-order valence-electron chi connectivity index (χ3n) is 4.12. The molecule has 4 rings (SSSR count). The molecule has 7 heteroatoms. The first-order valence-corrected chi connectivity index (χ1v) is 10.1. The Morgan fingerprint density at radius 2 is 2.19 bits per heavy atom. The second kappa shape index (κ2) is 6.55. The molecule has 0 radical (unpaired) electrons. The summed E-state index contributed by atoms with van der Waals surface area (Å²) in [6.07, 6.45) is 2.81. The first-order chi connectivity index (χ1) is 12.4. The van der Waals surface area contributed by atoms with Crippen LogP contribution in [0.2, 0.25) is 0 Å². The Hall–Kier alpha value is -2.12. The van der Waals surface area contributed by atoms with Crippen LogP contribution in [0.5, 0.6) is 5.75 Å². The number of nitrogens with one attached hydrogen (secondary N) is 1. The van der Waals surface area contributed by atoms with E-state index in [1.807, 2.05) is 23.6 Å². The summed E-state index contributed by atoms with van der Waals surface area (Å²) in [5, 5.41) is 6.07. The van der Waals surface area contributed by atoms with E-state index in [1.165, 1.54) is 28.7 Å². The Bertz CT molecular complexity index is 939. The minimum atomic E-state index is -0.127. The number of aliphatic imine (C=N–C) groups is 1. The smallest absolute Gasteiger partial charge is 0.264 e. The summed E-state index contributed by atoms with van der Waals surface area (Å²) in [6.45, 7) is 7.08. The fraction of sp³-hybridized carbons (Fsp3) is 0.316. The summed E-state index contributed by atoms with van der Waals surface area (Å²) in [4.78, 5) is 21.9. The molecule has 1 saturated heterocycles. The number of nitrogens with zero attached hydrogens (tertiary/aromatic N) is 2. The van der Waals surface area contributed by atoms with Crippen LogP contribution in [-0.4, -0.2) is 22.7 Å². The van der Waals surface area contributed by atoms with Crippen molar-refractivity contribution in [3.63, 3.8) is 0 Å². The lowest BCUT2D eigenvalue weighted by Crippen LogP contribution is -2.19. The summed E-state index contributed by atoms with van der Waals surface area (Å²) < 4.78 is 5.52. The summed E-state index contributed by atoms with van der Waals surface area (Å²) in [7, 11) is 0. The first kappa shape index (κ1) is 17.3. The molecule has 1 fully saturated rings. The lowest BCUT2D eigenvalue weighted by atomic mass is 9.93. The minimum Gasteiger partial charge on any atom is -0.493 e. The van der Waals surface area contributed by atoms with E-state index in [0.29, 0.717) is 15.2 Å². The van der Waals surface area contributed by atoms with E-state index in [4.69, 9.17) is 4.74 Å². The Balaban J connectivity index is 1.54. The molecule has 0 atom stereocenters. The van der Waals surface area contributed by atoms with Gasteiger partial charge in [-0.15, -0.1) is 11.3 Å². The zero-order valence-corrected chi connectivity index (χ0v) is 16.5. The van der Waals surface area contributed by atoms with Crippen molar-refractivity contribution >= 4 is 45.4 Å². The number of rotatable bonds is 2. The Morgan fingerprint density at radius 1 is 1.35 bits per heavy atom. The third-order valence-corrected chi connectivity index (χ3v) is 5.76. The maximum atomic E-state index is 12.3. The van der Waals surface area contributed by atoms with Crippen molar-refractivity contribution in [3.8, 4) is 5.75 Å². The molecule has 5 nitrogen and oxygen atoms in total. The van der Waals surface area contributed by atoms with Crippen molar-refractivity contribution in [2.45, 2.75) is 32.6 Å². The lowest BCUT2D eigenvalue weighted by Gasteiger charge is -2.13. The van der Waals surface area contributed by atoms with E-state index < -0.39 is 0 Å². The maximum absolute atomic E-state index is 12.3. The first-order valence-electron chi connectivity index (χ1n) is 8.40. The van der Waals surface area contributed by atoms with Gasteiger partial charge in [0.2, 0.25) is 5.13 Å². The number of thiazole rings is 1. The molecule has 1 N–H and O–H groups in total. The van der Waals surface area contributed by atoms with Crippen LogP contribution < -0.4 is 10.1 Å². The fourth-order valence-corrected chi connectivity index (χ4v) is 4.47. The number of hydrogen-bond acceptors (Lipinski definition) is 6. The number of benzene rings is 1. The van der Waals surface area contributed by atoms with Gasteiger partial charge in [-0.1, -0.05) is 26.8 Å². The normalized spacial score (nSPS) is 19.7. The lowest BCUT2D eigenvalue weighted by molar-refractivity contribution is -0.115. The summed E-state index contributed by atoms with van der Waals surface area (Å²) >= 11 is 2.83. The standard InChI is InChI=1S/C19H19N3O2S2/c1-19(2,3)15-10-25-17(20-15)22-18-21-16(23)14(26-18)9-11-4-5-13-12(8-11)6-7-24-13/h4-5,8-10H,6-7H2,1-3H3,(H,20,21,22,23).